The van der Waals surface area contributed by atoms with Gasteiger partial charge < -0.3 is 20.5 Å². The molecule has 0 saturated carbocycles. The fraction of sp³-hybridized carbons (Fsp3) is 0.318. The molecule has 3 N–H and O–H groups in total. The summed E-state index contributed by atoms with van der Waals surface area (Å²) in [5.41, 5.74) is 1.30. The molecule has 0 aromatic heterocycles. The Balaban J connectivity index is 1.79. The van der Waals surface area contributed by atoms with Crippen LogP contribution in [0.2, 0.25) is 0 Å². The van der Waals surface area contributed by atoms with Gasteiger partial charge in [0.05, 0.1) is 0 Å². The van der Waals surface area contributed by atoms with Crippen LogP contribution < -0.4 is 10.6 Å². The highest BCUT2D eigenvalue weighted by atomic mass is 16.5. The van der Waals surface area contributed by atoms with Gasteiger partial charge in [-0.1, -0.05) is 48.6 Å². The van der Waals surface area contributed by atoms with E-state index in [0.29, 0.717) is 22.9 Å². The maximum atomic E-state index is 12.5. The van der Waals surface area contributed by atoms with Crippen molar-refractivity contribution in [3.63, 3.8) is 0 Å². The van der Waals surface area contributed by atoms with Crippen LogP contribution in [0.3, 0.4) is 0 Å². The lowest BCUT2D eigenvalue weighted by molar-refractivity contribution is -0.142. The lowest BCUT2D eigenvalue weighted by atomic mass is 9.77. The molecule has 2 aliphatic rings. The highest BCUT2D eigenvalue weighted by molar-refractivity contribution is 5.99. The Kier molecular flexibility index (Phi) is 4.83. The predicted octanol–water partition coefficient (Wildman–Crippen LogP) is 2.65. The van der Waals surface area contributed by atoms with E-state index in [0.717, 1.165) is 18.5 Å². The van der Waals surface area contributed by atoms with Gasteiger partial charge in [-0.15, -0.1) is 0 Å². The lowest BCUT2D eigenvalue weighted by Gasteiger charge is -2.40. The van der Waals surface area contributed by atoms with Crippen molar-refractivity contribution >= 4 is 17.7 Å². The molecule has 3 unspecified atom stereocenters. The van der Waals surface area contributed by atoms with Crippen molar-refractivity contribution in [3.8, 4) is 0 Å². The second-order valence-corrected chi connectivity index (χ2v) is 7.10. The average molecular weight is 364 g/mol. The maximum Gasteiger partial charge on any atom is 0.257 e. The topological polar surface area (TPSA) is 70.6 Å². The molecule has 0 radical (unpaired) electrons. The monoisotopic (exact) mass is 364 g/mol. The van der Waals surface area contributed by atoms with Gasteiger partial charge in [-0.3, -0.25) is 4.79 Å². The minimum atomic E-state index is -1.55. The van der Waals surface area contributed by atoms with Crippen molar-refractivity contribution in [1.29, 1.82) is 0 Å². The number of methoxy groups -OCH3 is 1. The number of carbonyl (C=O) groups excluding carboxylic acids is 1. The molecule has 0 spiro atoms. The van der Waals surface area contributed by atoms with E-state index in [4.69, 9.17) is 4.74 Å². The predicted molar refractivity (Wildman–Crippen MR) is 105 cm³/mol. The Hall–Kier alpha value is -2.47. The van der Waals surface area contributed by atoms with Crippen LogP contribution in [0.4, 0.5) is 5.69 Å². The number of fused-ring (bicyclic) bond motifs is 1. The number of aliphatic hydroxyl groups is 1. The molecule has 2 aliphatic heterocycles. The molecule has 5 heteroatoms. The third-order valence-electron chi connectivity index (χ3n) is 5.40. The fourth-order valence-corrected chi connectivity index (χ4v) is 4.00. The Morgan fingerprint density at radius 3 is 2.74 bits per heavy atom. The first-order valence-electron chi connectivity index (χ1n) is 9.30. The molecule has 1 saturated heterocycles. The van der Waals surface area contributed by atoms with Crippen molar-refractivity contribution in [2.24, 2.45) is 0 Å². The second kappa shape index (κ2) is 7.27. The summed E-state index contributed by atoms with van der Waals surface area (Å²) in [6.45, 7) is 1.05. The summed E-state index contributed by atoms with van der Waals surface area (Å²) in [5, 5.41) is 18.0. The van der Waals surface area contributed by atoms with Gasteiger partial charge in [0.1, 0.15) is 0 Å². The smallest absolute Gasteiger partial charge is 0.257 e. The normalized spacial score (nSPS) is 27.6. The Morgan fingerprint density at radius 1 is 1.22 bits per heavy atom. The molecule has 0 aliphatic carbocycles. The molecule has 2 heterocycles. The molecule has 2 aromatic rings. The number of amides is 1. The number of anilines is 1. The minimum absolute atomic E-state index is 0.352. The van der Waals surface area contributed by atoms with E-state index < -0.39 is 11.7 Å². The first kappa shape index (κ1) is 17.9. The minimum Gasteiger partial charge on any atom is -0.377 e. The Labute approximate surface area is 159 Å². The van der Waals surface area contributed by atoms with Gasteiger partial charge in [0.2, 0.25) is 0 Å². The Morgan fingerprint density at radius 2 is 2.04 bits per heavy atom. The van der Waals surface area contributed by atoms with Crippen LogP contribution in [0.1, 0.15) is 29.5 Å². The third kappa shape index (κ3) is 3.18. The summed E-state index contributed by atoms with van der Waals surface area (Å²) in [7, 11) is 1.44. The van der Waals surface area contributed by atoms with Gasteiger partial charge in [-0.25, -0.2) is 0 Å². The van der Waals surface area contributed by atoms with Crippen molar-refractivity contribution < 1.29 is 14.6 Å². The number of hydrogen-bond donors (Lipinski definition) is 3. The van der Waals surface area contributed by atoms with Gasteiger partial charge >= 0.3 is 0 Å². The van der Waals surface area contributed by atoms with Crippen LogP contribution in [-0.4, -0.2) is 36.8 Å². The van der Waals surface area contributed by atoms with Crippen LogP contribution in [0.5, 0.6) is 0 Å². The molecule has 4 rings (SSSR count). The van der Waals surface area contributed by atoms with E-state index in [-0.39, 0.29) is 5.91 Å². The highest BCUT2D eigenvalue weighted by Gasteiger charge is 2.49. The van der Waals surface area contributed by atoms with Crippen LogP contribution in [-0.2, 0) is 15.1 Å². The zero-order valence-electron chi connectivity index (χ0n) is 15.3. The first-order valence-corrected chi connectivity index (χ1v) is 9.30. The Bertz CT molecular complexity index is 859. The maximum absolute atomic E-state index is 12.5. The SMILES string of the molecule is COC1C(=O)Nc2ccc(/C=C/C3CCCN3)cc2C1(O)c1ccccc1. The average Bonchev–Trinajstić information content (AvgIpc) is 3.21. The van der Waals surface area contributed by atoms with Gasteiger partial charge in [0, 0.05) is 24.4 Å². The number of benzene rings is 2. The lowest BCUT2D eigenvalue weighted by Crippen LogP contribution is -2.52. The zero-order chi connectivity index (χ0) is 18.9. The van der Waals surface area contributed by atoms with E-state index >= 15 is 0 Å². The number of rotatable bonds is 4. The van der Waals surface area contributed by atoms with Gasteiger partial charge in [-0.05, 0) is 42.6 Å². The van der Waals surface area contributed by atoms with E-state index in [2.05, 4.69) is 22.8 Å². The summed E-state index contributed by atoms with van der Waals surface area (Å²) in [6.07, 6.45) is 5.52. The van der Waals surface area contributed by atoms with E-state index in [1.807, 2.05) is 48.5 Å². The van der Waals surface area contributed by atoms with Gasteiger partial charge in [-0.2, -0.15) is 0 Å². The van der Waals surface area contributed by atoms with Crippen LogP contribution in [0.15, 0.2) is 54.6 Å². The molecule has 140 valence electrons. The zero-order valence-corrected chi connectivity index (χ0v) is 15.3. The summed E-state index contributed by atoms with van der Waals surface area (Å²) in [5.74, 6) is -0.352. The van der Waals surface area contributed by atoms with Crippen molar-refractivity contribution in [3.05, 3.63) is 71.3 Å². The van der Waals surface area contributed by atoms with Gasteiger partial charge in [0.25, 0.3) is 5.91 Å². The molecule has 1 fully saturated rings. The molecule has 0 bridgehead atoms. The van der Waals surface area contributed by atoms with Crippen molar-refractivity contribution in [1.82, 2.24) is 5.32 Å². The number of carbonyl (C=O) groups is 1. The van der Waals surface area contributed by atoms with E-state index in [1.54, 1.807) is 0 Å². The molecule has 5 nitrogen and oxygen atoms in total. The van der Waals surface area contributed by atoms with Gasteiger partial charge in [0.15, 0.2) is 11.7 Å². The standard InChI is InChI=1S/C22H24N2O3/c1-27-20-21(25)24-19-12-10-15(9-11-17-8-5-13-23-17)14-18(19)22(20,26)16-6-3-2-4-7-16/h2-4,6-7,9-12,14,17,20,23,26H,5,8,13H2,1H3,(H,24,25)/b11-9+. The summed E-state index contributed by atoms with van der Waals surface area (Å²) in [6, 6.07) is 15.3. The van der Waals surface area contributed by atoms with Crippen LogP contribution in [0, 0.1) is 0 Å². The molecular weight excluding hydrogens is 340 g/mol. The summed E-state index contributed by atoms with van der Waals surface area (Å²) in [4.78, 5) is 12.5. The fourth-order valence-electron chi connectivity index (χ4n) is 4.00. The number of ether oxygens (including phenoxy) is 1. The van der Waals surface area contributed by atoms with E-state index in [9.17, 15) is 9.90 Å². The van der Waals surface area contributed by atoms with Crippen molar-refractivity contribution in [2.75, 3.05) is 19.0 Å². The summed E-state index contributed by atoms with van der Waals surface area (Å²) >= 11 is 0. The molecule has 3 atom stereocenters. The van der Waals surface area contributed by atoms with Crippen LogP contribution >= 0.6 is 0 Å². The molecule has 1 amide bonds. The quantitative estimate of drug-likeness (QED) is 0.780. The largest absolute Gasteiger partial charge is 0.377 e. The highest BCUT2D eigenvalue weighted by Crippen LogP contribution is 2.42. The third-order valence-corrected chi connectivity index (χ3v) is 5.40. The second-order valence-electron chi connectivity index (χ2n) is 7.10. The molecule has 27 heavy (non-hydrogen) atoms. The summed E-state index contributed by atoms with van der Waals surface area (Å²) < 4.78 is 5.42. The first-order chi connectivity index (χ1) is 13.1. The molecule has 2 aromatic carbocycles. The number of hydrogen-bond acceptors (Lipinski definition) is 4. The van der Waals surface area contributed by atoms with Crippen LogP contribution in [0.25, 0.3) is 6.08 Å². The van der Waals surface area contributed by atoms with Crippen molar-refractivity contribution in [2.45, 2.75) is 30.6 Å². The molecular formula is C22H24N2O3. The number of nitrogens with one attached hydrogen (secondary N) is 2. The van der Waals surface area contributed by atoms with E-state index in [1.165, 1.54) is 13.5 Å².